The molecule has 0 fully saturated rings. The van der Waals surface area contributed by atoms with E-state index in [-0.39, 0.29) is 5.84 Å². The van der Waals surface area contributed by atoms with E-state index in [2.05, 4.69) is 25.1 Å². The largest absolute Gasteiger partial charge is 0.409 e. The van der Waals surface area contributed by atoms with Gasteiger partial charge in [0.05, 0.1) is 6.54 Å². The molecule has 0 amide bonds. The van der Waals surface area contributed by atoms with Gasteiger partial charge in [0.1, 0.15) is 5.82 Å². The summed E-state index contributed by atoms with van der Waals surface area (Å²) in [4.78, 5) is 3.85. The first-order chi connectivity index (χ1) is 9.20. The number of amidine groups is 1. The molecule has 0 unspecified atom stereocenters. The fourth-order valence-electron chi connectivity index (χ4n) is 1.57. The van der Waals surface area contributed by atoms with Crippen LogP contribution >= 0.6 is 0 Å². The van der Waals surface area contributed by atoms with Crippen LogP contribution in [0.15, 0.2) is 34.3 Å². The van der Waals surface area contributed by atoms with Crippen molar-refractivity contribution >= 4 is 5.84 Å². The SMILES string of the molecule is N/C(=N/O)c1cc(F)ccc1CNCc1ncon1. The van der Waals surface area contributed by atoms with E-state index < -0.39 is 5.82 Å². The second-order valence-electron chi connectivity index (χ2n) is 3.74. The Bertz CT molecular complexity index is 570. The molecule has 0 saturated heterocycles. The minimum atomic E-state index is -0.455. The van der Waals surface area contributed by atoms with Crippen LogP contribution in [0, 0.1) is 5.82 Å². The molecule has 0 aliphatic heterocycles. The van der Waals surface area contributed by atoms with E-state index in [1.54, 1.807) is 6.07 Å². The first-order valence-electron chi connectivity index (χ1n) is 5.43. The predicted octanol–water partition coefficient (Wildman–Crippen LogP) is 0.593. The third-order valence-corrected chi connectivity index (χ3v) is 2.46. The average Bonchev–Trinajstić information content (AvgIpc) is 2.92. The van der Waals surface area contributed by atoms with E-state index in [0.29, 0.717) is 30.0 Å². The van der Waals surface area contributed by atoms with Crippen LogP contribution < -0.4 is 11.1 Å². The molecule has 0 radical (unpaired) electrons. The van der Waals surface area contributed by atoms with E-state index in [4.69, 9.17) is 10.9 Å². The lowest BCUT2D eigenvalue weighted by atomic mass is 10.1. The lowest BCUT2D eigenvalue weighted by Crippen LogP contribution is -2.20. The van der Waals surface area contributed by atoms with Crippen LogP contribution in [-0.2, 0) is 13.1 Å². The third-order valence-electron chi connectivity index (χ3n) is 2.46. The van der Waals surface area contributed by atoms with Crippen LogP contribution in [0.4, 0.5) is 4.39 Å². The van der Waals surface area contributed by atoms with Gasteiger partial charge in [0.2, 0.25) is 6.39 Å². The topological polar surface area (TPSA) is 110 Å². The minimum absolute atomic E-state index is 0.143. The van der Waals surface area contributed by atoms with Crippen LogP contribution in [0.5, 0.6) is 0 Å². The van der Waals surface area contributed by atoms with Crippen molar-refractivity contribution in [3.63, 3.8) is 0 Å². The van der Waals surface area contributed by atoms with Crippen molar-refractivity contribution < 1.29 is 14.1 Å². The molecule has 0 aliphatic carbocycles. The highest BCUT2D eigenvalue weighted by Crippen LogP contribution is 2.11. The fourth-order valence-corrected chi connectivity index (χ4v) is 1.57. The molecule has 7 nitrogen and oxygen atoms in total. The van der Waals surface area contributed by atoms with Crippen molar-refractivity contribution in [1.82, 2.24) is 15.5 Å². The second kappa shape index (κ2) is 5.91. The molecule has 2 aromatic rings. The van der Waals surface area contributed by atoms with E-state index in [0.717, 1.165) is 0 Å². The quantitative estimate of drug-likeness (QED) is 0.316. The predicted molar refractivity (Wildman–Crippen MR) is 63.8 cm³/mol. The number of hydrogen-bond acceptors (Lipinski definition) is 6. The van der Waals surface area contributed by atoms with Crippen molar-refractivity contribution in [2.75, 3.05) is 0 Å². The zero-order chi connectivity index (χ0) is 13.7. The van der Waals surface area contributed by atoms with Gasteiger partial charge in [-0.2, -0.15) is 4.98 Å². The van der Waals surface area contributed by atoms with Crippen LogP contribution in [-0.4, -0.2) is 21.2 Å². The summed E-state index contributed by atoms with van der Waals surface area (Å²) in [7, 11) is 0. The number of nitrogens with zero attached hydrogens (tertiary/aromatic N) is 3. The lowest BCUT2D eigenvalue weighted by Gasteiger charge is -2.08. The Morgan fingerprint density at radius 3 is 3.00 bits per heavy atom. The van der Waals surface area contributed by atoms with Gasteiger partial charge in [-0.15, -0.1) is 0 Å². The van der Waals surface area contributed by atoms with Crippen molar-refractivity contribution in [2.24, 2.45) is 10.9 Å². The fraction of sp³-hybridized carbons (Fsp3) is 0.182. The molecule has 19 heavy (non-hydrogen) atoms. The molecule has 1 aromatic heterocycles. The van der Waals surface area contributed by atoms with Gasteiger partial charge < -0.3 is 20.8 Å². The Labute approximate surface area is 107 Å². The maximum atomic E-state index is 13.1. The highest BCUT2D eigenvalue weighted by atomic mass is 19.1. The minimum Gasteiger partial charge on any atom is -0.409 e. The summed E-state index contributed by atoms with van der Waals surface area (Å²) < 4.78 is 17.7. The normalized spacial score (nSPS) is 11.7. The van der Waals surface area contributed by atoms with Crippen molar-refractivity contribution in [1.29, 1.82) is 0 Å². The highest BCUT2D eigenvalue weighted by Gasteiger charge is 2.09. The zero-order valence-corrected chi connectivity index (χ0v) is 9.88. The highest BCUT2D eigenvalue weighted by molar-refractivity contribution is 5.98. The van der Waals surface area contributed by atoms with Crippen LogP contribution in [0.2, 0.25) is 0 Å². The van der Waals surface area contributed by atoms with Crippen LogP contribution in [0.25, 0.3) is 0 Å². The molecule has 0 spiro atoms. The summed E-state index contributed by atoms with van der Waals surface area (Å²) >= 11 is 0. The molecule has 0 aliphatic rings. The molecular weight excluding hydrogens is 253 g/mol. The number of benzene rings is 1. The van der Waals surface area contributed by atoms with E-state index in [1.165, 1.54) is 18.5 Å². The van der Waals surface area contributed by atoms with Gasteiger partial charge in [0, 0.05) is 12.1 Å². The number of nitrogens with one attached hydrogen (secondary N) is 1. The molecule has 0 bridgehead atoms. The summed E-state index contributed by atoms with van der Waals surface area (Å²) in [5.74, 6) is -0.0909. The molecule has 8 heteroatoms. The van der Waals surface area contributed by atoms with Gasteiger partial charge in [0.15, 0.2) is 11.7 Å². The zero-order valence-electron chi connectivity index (χ0n) is 9.88. The van der Waals surface area contributed by atoms with E-state index in [9.17, 15) is 4.39 Å². The standard InChI is InChI=1S/C11H12FN5O2/c12-8-2-1-7(9(3-8)11(13)16-18)4-14-5-10-15-6-19-17-10/h1-3,6,14,18H,4-5H2,(H2,13,16). The molecular formula is C11H12FN5O2. The number of hydrogen-bond donors (Lipinski definition) is 3. The van der Waals surface area contributed by atoms with Crippen LogP contribution in [0.1, 0.15) is 17.0 Å². The van der Waals surface area contributed by atoms with Gasteiger partial charge in [-0.25, -0.2) is 4.39 Å². The first kappa shape index (κ1) is 13.0. The second-order valence-corrected chi connectivity index (χ2v) is 3.74. The number of aromatic nitrogens is 2. The Kier molecular flexibility index (Phi) is 4.04. The molecule has 0 saturated carbocycles. The molecule has 1 heterocycles. The summed E-state index contributed by atoms with van der Waals surface area (Å²) in [6.07, 6.45) is 1.23. The molecule has 100 valence electrons. The Balaban J connectivity index is 2.07. The van der Waals surface area contributed by atoms with Gasteiger partial charge in [-0.3, -0.25) is 0 Å². The average molecular weight is 265 g/mol. The summed E-state index contributed by atoms with van der Waals surface area (Å²) in [6, 6.07) is 4.08. The van der Waals surface area contributed by atoms with Gasteiger partial charge in [-0.05, 0) is 17.7 Å². The van der Waals surface area contributed by atoms with Crippen molar-refractivity contribution in [3.05, 3.63) is 47.4 Å². The smallest absolute Gasteiger partial charge is 0.213 e. The van der Waals surface area contributed by atoms with Crippen LogP contribution in [0.3, 0.4) is 0 Å². The third kappa shape index (κ3) is 3.26. The number of oxime groups is 1. The number of halogens is 1. The van der Waals surface area contributed by atoms with Gasteiger partial charge in [-0.1, -0.05) is 16.4 Å². The molecule has 1 aromatic carbocycles. The monoisotopic (exact) mass is 265 g/mol. The number of nitrogens with two attached hydrogens (primary N) is 1. The molecule has 2 rings (SSSR count). The van der Waals surface area contributed by atoms with Crippen molar-refractivity contribution in [3.8, 4) is 0 Å². The first-order valence-corrected chi connectivity index (χ1v) is 5.43. The Morgan fingerprint density at radius 2 is 2.32 bits per heavy atom. The van der Waals surface area contributed by atoms with Crippen molar-refractivity contribution in [2.45, 2.75) is 13.1 Å². The molecule has 4 N–H and O–H groups in total. The lowest BCUT2D eigenvalue weighted by molar-refractivity contribution is 0.318. The van der Waals surface area contributed by atoms with E-state index >= 15 is 0 Å². The molecule has 0 atom stereocenters. The summed E-state index contributed by atoms with van der Waals surface area (Å²) in [5.41, 5.74) is 6.53. The van der Waals surface area contributed by atoms with Gasteiger partial charge in [0.25, 0.3) is 0 Å². The summed E-state index contributed by atoms with van der Waals surface area (Å²) in [5, 5.41) is 18.2. The van der Waals surface area contributed by atoms with Gasteiger partial charge >= 0.3 is 0 Å². The maximum Gasteiger partial charge on any atom is 0.213 e. The van der Waals surface area contributed by atoms with E-state index in [1.807, 2.05) is 0 Å². The number of rotatable bonds is 5. The summed E-state index contributed by atoms with van der Waals surface area (Å²) in [6.45, 7) is 0.782. The Morgan fingerprint density at radius 1 is 1.47 bits per heavy atom. The maximum absolute atomic E-state index is 13.1. The Hall–Kier alpha value is -2.48.